The van der Waals surface area contributed by atoms with Crippen LogP contribution in [0.25, 0.3) is 45.6 Å². The van der Waals surface area contributed by atoms with E-state index in [9.17, 15) is 30.6 Å². The van der Waals surface area contributed by atoms with E-state index in [0.717, 1.165) is 5.56 Å². The van der Waals surface area contributed by atoms with E-state index in [1.165, 1.54) is 42.5 Å². The van der Waals surface area contributed by atoms with Gasteiger partial charge >= 0.3 is 0 Å². The Balaban J connectivity index is 1.82. The Morgan fingerprint density at radius 1 is 0.571 bits per heavy atom. The number of phenolic OH excluding ortho intramolecular Hbond substituents is 6. The van der Waals surface area contributed by atoms with Crippen LogP contribution in [0, 0.1) is 0 Å². The van der Waals surface area contributed by atoms with Gasteiger partial charge in [0.1, 0.15) is 45.8 Å². The van der Waals surface area contributed by atoms with Crippen LogP contribution in [-0.4, -0.2) is 30.6 Å². The van der Waals surface area contributed by atoms with Crippen molar-refractivity contribution in [3.8, 4) is 56.9 Å². The summed E-state index contributed by atoms with van der Waals surface area (Å²) in [4.78, 5) is 0. The summed E-state index contributed by atoms with van der Waals surface area (Å²) in [7, 11) is 0. The Morgan fingerprint density at radius 3 is 1.91 bits per heavy atom. The summed E-state index contributed by atoms with van der Waals surface area (Å²) < 4.78 is 6.10. The molecular formula is C28H20O7. The van der Waals surface area contributed by atoms with E-state index in [2.05, 4.69) is 0 Å². The molecule has 7 nitrogen and oxygen atoms in total. The third kappa shape index (κ3) is 4.18. The number of benzene rings is 4. The van der Waals surface area contributed by atoms with Gasteiger partial charge in [-0.3, -0.25) is 0 Å². The number of rotatable bonds is 4. The van der Waals surface area contributed by atoms with Gasteiger partial charge in [0.05, 0.1) is 5.56 Å². The third-order valence-corrected chi connectivity index (χ3v) is 5.57. The first-order valence-corrected chi connectivity index (χ1v) is 10.6. The van der Waals surface area contributed by atoms with E-state index in [0.29, 0.717) is 27.7 Å². The van der Waals surface area contributed by atoms with Gasteiger partial charge in [-0.1, -0.05) is 24.3 Å². The molecule has 35 heavy (non-hydrogen) atoms. The number of fused-ring (bicyclic) bond motifs is 1. The molecule has 0 atom stereocenters. The number of furan rings is 1. The largest absolute Gasteiger partial charge is 0.508 e. The van der Waals surface area contributed by atoms with Crippen molar-refractivity contribution < 1.29 is 35.1 Å². The molecular weight excluding hydrogens is 448 g/mol. The zero-order chi connectivity index (χ0) is 24.7. The molecule has 1 aromatic heterocycles. The summed E-state index contributed by atoms with van der Waals surface area (Å²) >= 11 is 0. The van der Waals surface area contributed by atoms with Crippen LogP contribution in [0.2, 0.25) is 0 Å². The van der Waals surface area contributed by atoms with Crippen LogP contribution in [0.5, 0.6) is 34.5 Å². The molecule has 0 spiro atoms. The lowest BCUT2D eigenvalue weighted by Gasteiger charge is -2.09. The molecule has 6 N–H and O–H groups in total. The fourth-order valence-electron chi connectivity index (χ4n) is 4.06. The minimum absolute atomic E-state index is 0.0524. The van der Waals surface area contributed by atoms with Crippen molar-refractivity contribution in [2.24, 2.45) is 0 Å². The van der Waals surface area contributed by atoms with E-state index in [1.807, 2.05) is 0 Å². The van der Waals surface area contributed by atoms with Gasteiger partial charge in [0, 0.05) is 29.1 Å². The highest BCUT2D eigenvalue weighted by atomic mass is 16.3. The first-order valence-electron chi connectivity index (χ1n) is 10.6. The fourth-order valence-corrected chi connectivity index (χ4v) is 4.06. The molecule has 0 saturated carbocycles. The minimum Gasteiger partial charge on any atom is -0.508 e. The highest BCUT2D eigenvalue weighted by molar-refractivity contribution is 6.08. The summed E-state index contributed by atoms with van der Waals surface area (Å²) in [6.45, 7) is 0. The van der Waals surface area contributed by atoms with Crippen molar-refractivity contribution >= 4 is 23.1 Å². The zero-order valence-corrected chi connectivity index (χ0v) is 18.2. The topological polar surface area (TPSA) is 135 Å². The van der Waals surface area contributed by atoms with Crippen molar-refractivity contribution in [2.45, 2.75) is 0 Å². The van der Waals surface area contributed by atoms with E-state index in [4.69, 9.17) is 4.42 Å². The van der Waals surface area contributed by atoms with Crippen LogP contribution in [0.4, 0.5) is 0 Å². The van der Waals surface area contributed by atoms with Gasteiger partial charge in [0.25, 0.3) is 0 Å². The van der Waals surface area contributed by atoms with Crippen molar-refractivity contribution in [1.82, 2.24) is 0 Å². The molecule has 0 amide bonds. The average Bonchev–Trinajstić information content (AvgIpc) is 3.17. The molecule has 0 fully saturated rings. The Labute approximate surface area is 199 Å². The average molecular weight is 468 g/mol. The molecule has 1 heterocycles. The Hall–Kier alpha value is -5.04. The number of hydrogen-bond donors (Lipinski definition) is 6. The third-order valence-electron chi connectivity index (χ3n) is 5.57. The minimum atomic E-state index is -0.236. The van der Waals surface area contributed by atoms with Crippen LogP contribution in [0.3, 0.4) is 0 Å². The van der Waals surface area contributed by atoms with Crippen molar-refractivity contribution in [2.75, 3.05) is 0 Å². The first kappa shape index (κ1) is 21.8. The van der Waals surface area contributed by atoms with Gasteiger partial charge < -0.3 is 35.1 Å². The van der Waals surface area contributed by atoms with Crippen LogP contribution < -0.4 is 0 Å². The number of phenols is 6. The second kappa shape index (κ2) is 8.39. The van der Waals surface area contributed by atoms with E-state index < -0.39 is 0 Å². The van der Waals surface area contributed by atoms with Crippen molar-refractivity contribution in [1.29, 1.82) is 0 Å². The van der Waals surface area contributed by atoms with Gasteiger partial charge in [-0.25, -0.2) is 0 Å². The quantitative estimate of drug-likeness (QED) is 0.174. The molecule has 0 bridgehead atoms. The van der Waals surface area contributed by atoms with E-state index >= 15 is 0 Å². The predicted molar refractivity (Wildman–Crippen MR) is 132 cm³/mol. The van der Waals surface area contributed by atoms with Crippen LogP contribution >= 0.6 is 0 Å². The normalized spacial score (nSPS) is 11.4. The molecule has 0 unspecified atom stereocenters. The molecule has 0 aliphatic rings. The van der Waals surface area contributed by atoms with Gasteiger partial charge in [-0.15, -0.1) is 0 Å². The maximum Gasteiger partial charge on any atom is 0.146 e. The maximum absolute atomic E-state index is 10.5. The number of aromatic hydroxyl groups is 6. The molecule has 4 aromatic carbocycles. The monoisotopic (exact) mass is 468 g/mol. The molecule has 5 rings (SSSR count). The van der Waals surface area contributed by atoms with E-state index in [-0.39, 0.29) is 45.8 Å². The van der Waals surface area contributed by atoms with Crippen LogP contribution in [0.1, 0.15) is 11.1 Å². The first-order chi connectivity index (χ1) is 16.8. The Morgan fingerprint density at radius 2 is 1.23 bits per heavy atom. The summed E-state index contributed by atoms with van der Waals surface area (Å²) in [5, 5.41) is 61.1. The van der Waals surface area contributed by atoms with Gasteiger partial charge in [0.2, 0.25) is 0 Å². The smallest absolute Gasteiger partial charge is 0.146 e. The SMILES string of the molecule is Oc1ccc(C=Cc2cc(O)cc3oc(-c4ccc(O)cc4O)c(-c4cc(O)cc(O)c4)c23)cc1. The summed E-state index contributed by atoms with van der Waals surface area (Å²) in [5.41, 5.74) is 2.81. The second-order valence-electron chi connectivity index (χ2n) is 8.08. The molecule has 0 aliphatic carbocycles. The predicted octanol–water partition coefficient (Wildman–Crippen LogP) is 6.17. The molecule has 0 radical (unpaired) electrons. The molecule has 0 saturated heterocycles. The lowest BCUT2D eigenvalue weighted by atomic mass is 9.94. The van der Waals surface area contributed by atoms with Gasteiger partial charge in [-0.2, -0.15) is 0 Å². The second-order valence-corrected chi connectivity index (χ2v) is 8.08. The Kier molecular flexibility index (Phi) is 5.22. The lowest BCUT2D eigenvalue weighted by molar-refractivity contribution is 0.450. The molecule has 7 heteroatoms. The van der Waals surface area contributed by atoms with Gasteiger partial charge in [-0.05, 0) is 59.2 Å². The van der Waals surface area contributed by atoms with Crippen molar-refractivity contribution in [3.05, 3.63) is 83.9 Å². The van der Waals surface area contributed by atoms with Crippen molar-refractivity contribution in [3.63, 3.8) is 0 Å². The zero-order valence-electron chi connectivity index (χ0n) is 18.2. The summed E-state index contributed by atoms with van der Waals surface area (Å²) in [5.74, 6) is -0.406. The standard InChI is InChI=1S/C28H20O7/c29-18-5-2-15(3-6-18)1-4-16-9-22(33)14-25-26(16)27(17-10-20(31)12-21(32)11-17)28(35-25)23-8-7-19(30)13-24(23)34/h1-14,29-34H. The van der Waals surface area contributed by atoms with Crippen LogP contribution in [-0.2, 0) is 0 Å². The summed E-state index contributed by atoms with van der Waals surface area (Å²) in [6.07, 6.45) is 3.55. The maximum atomic E-state index is 10.5. The van der Waals surface area contributed by atoms with Gasteiger partial charge in [0.15, 0.2) is 0 Å². The Bertz CT molecular complexity index is 1570. The lowest BCUT2D eigenvalue weighted by Crippen LogP contribution is -1.85. The van der Waals surface area contributed by atoms with E-state index in [1.54, 1.807) is 42.5 Å². The highest BCUT2D eigenvalue weighted by Crippen LogP contribution is 2.47. The fraction of sp³-hybridized carbons (Fsp3) is 0. The number of hydrogen-bond acceptors (Lipinski definition) is 7. The van der Waals surface area contributed by atoms with Crippen LogP contribution in [0.15, 0.2) is 77.2 Å². The summed E-state index contributed by atoms with van der Waals surface area (Å²) in [6, 6.07) is 17.7. The highest BCUT2D eigenvalue weighted by Gasteiger charge is 2.23. The molecule has 0 aliphatic heterocycles. The molecule has 174 valence electrons. The molecule has 5 aromatic rings.